The zero-order chi connectivity index (χ0) is 24.4. The van der Waals surface area contributed by atoms with Crippen molar-refractivity contribution in [3.05, 3.63) is 35.5 Å². The van der Waals surface area contributed by atoms with Crippen molar-refractivity contribution in [2.24, 2.45) is 23.2 Å². The maximum atomic E-state index is 14.1. The number of aromatic amines is 1. The van der Waals surface area contributed by atoms with Crippen LogP contribution in [0, 0.1) is 46.1 Å². The van der Waals surface area contributed by atoms with Crippen LogP contribution < -0.4 is 10.6 Å². The highest BCUT2D eigenvalue weighted by molar-refractivity contribution is 6.01. The first-order chi connectivity index (χ1) is 16.1. The van der Waals surface area contributed by atoms with Gasteiger partial charge in [0.2, 0.25) is 11.8 Å². The minimum atomic E-state index is -0.857. The highest BCUT2D eigenvalue weighted by atomic mass is 19.1. The Morgan fingerprint density at radius 2 is 2.09 bits per heavy atom. The number of carbonyl (C=O) groups is 3. The minimum Gasteiger partial charge on any atom is -0.356 e. The summed E-state index contributed by atoms with van der Waals surface area (Å²) in [5.41, 5.74) is -0.0484. The number of benzene rings is 1. The zero-order valence-electron chi connectivity index (χ0n) is 18.8. The Morgan fingerprint density at radius 3 is 2.76 bits per heavy atom. The predicted molar refractivity (Wildman–Crippen MR) is 117 cm³/mol. The number of fused-ring (bicyclic) bond motifs is 2. The Bertz CT molecular complexity index is 1250. The van der Waals surface area contributed by atoms with Crippen LogP contribution in [0.15, 0.2) is 18.2 Å². The largest absolute Gasteiger partial charge is 0.356 e. The van der Waals surface area contributed by atoms with Crippen LogP contribution in [0.5, 0.6) is 0 Å². The summed E-state index contributed by atoms with van der Waals surface area (Å²) < 4.78 is 27.7. The van der Waals surface area contributed by atoms with Gasteiger partial charge in [-0.2, -0.15) is 5.26 Å². The van der Waals surface area contributed by atoms with E-state index in [1.54, 1.807) is 0 Å². The van der Waals surface area contributed by atoms with E-state index in [9.17, 15) is 28.4 Å². The first kappa shape index (κ1) is 22.3. The van der Waals surface area contributed by atoms with E-state index in [0.717, 1.165) is 12.1 Å². The molecular weight excluding hydrogens is 444 g/mol. The predicted octanol–water partition coefficient (Wildman–Crippen LogP) is 2.08. The van der Waals surface area contributed by atoms with Gasteiger partial charge in [0.1, 0.15) is 29.4 Å². The van der Waals surface area contributed by atoms with Crippen molar-refractivity contribution in [1.82, 2.24) is 20.5 Å². The zero-order valence-corrected chi connectivity index (χ0v) is 18.8. The Balaban J connectivity index is 1.38. The fourth-order valence-corrected chi connectivity index (χ4v) is 5.79. The van der Waals surface area contributed by atoms with E-state index in [-0.39, 0.29) is 52.1 Å². The molecule has 34 heavy (non-hydrogen) atoms. The Kier molecular flexibility index (Phi) is 5.11. The van der Waals surface area contributed by atoms with Gasteiger partial charge in [-0.15, -0.1) is 0 Å². The molecule has 5 atom stereocenters. The van der Waals surface area contributed by atoms with Crippen LogP contribution in [0.4, 0.5) is 8.78 Å². The molecule has 5 rings (SSSR count). The van der Waals surface area contributed by atoms with Crippen LogP contribution in [-0.4, -0.2) is 52.8 Å². The van der Waals surface area contributed by atoms with Crippen LogP contribution in [0.3, 0.4) is 0 Å². The van der Waals surface area contributed by atoms with Crippen LogP contribution in [0.25, 0.3) is 10.9 Å². The molecule has 1 aromatic heterocycles. The van der Waals surface area contributed by atoms with Crippen LogP contribution in [-0.2, 0) is 9.59 Å². The third-order valence-electron chi connectivity index (χ3n) is 7.77. The summed E-state index contributed by atoms with van der Waals surface area (Å²) in [5, 5.41) is 15.3. The Morgan fingerprint density at radius 1 is 1.32 bits per heavy atom. The van der Waals surface area contributed by atoms with Gasteiger partial charge in [-0.3, -0.25) is 14.4 Å². The molecule has 0 unspecified atom stereocenters. The lowest BCUT2D eigenvalue weighted by Crippen LogP contribution is -2.52. The Labute approximate surface area is 194 Å². The average Bonchev–Trinajstić information content (AvgIpc) is 3.28. The molecule has 3 fully saturated rings. The molecule has 1 aromatic carbocycles. The smallest absolute Gasteiger partial charge is 0.271 e. The quantitative estimate of drug-likeness (QED) is 0.621. The van der Waals surface area contributed by atoms with Crippen LogP contribution in [0.1, 0.15) is 37.2 Å². The van der Waals surface area contributed by atoms with Gasteiger partial charge in [-0.25, -0.2) is 8.78 Å². The van der Waals surface area contributed by atoms with Gasteiger partial charge in [-0.1, -0.05) is 13.8 Å². The molecular formula is C24H25F2N5O3. The maximum absolute atomic E-state index is 14.1. The highest BCUT2D eigenvalue weighted by Crippen LogP contribution is 2.65. The molecule has 3 aliphatic rings. The van der Waals surface area contributed by atoms with Crippen molar-refractivity contribution >= 4 is 28.6 Å². The van der Waals surface area contributed by atoms with Gasteiger partial charge >= 0.3 is 0 Å². The number of rotatable bonds is 5. The van der Waals surface area contributed by atoms with Crippen molar-refractivity contribution < 1.29 is 23.2 Å². The van der Waals surface area contributed by atoms with Crippen LogP contribution >= 0.6 is 0 Å². The third kappa shape index (κ3) is 3.50. The van der Waals surface area contributed by atoms with E-state index in [4.69, 9.17) is 0 Å². The Hall–Kier alpha value is -3.48. The molecule has 0 bridgehead atoms. The average molecular weight is 469 g/mol. The number of carbonyl (C=O) groups excluding carboxylic acids is 3. The number of nitriles is 1. The number of nitrogens with one attached hydrogen (secondary N) is 3. The number of likely N-dealkylation sites (tertiary alicyclic amines) is 1. The molecule has 2 saturated heterocycles. The molecule has 3 amide bonds. The fraction of sp³-hybridized carbons (Fsp3) is 0.500. The lowest BCUT2D eigenvalue weighted by Gasteiger charge is -2.30. The molecule has 10 heteroatoms. The summed E-state index contributed by atoms with van der Waals surface area (Å²) in [6.07, 6.45) is 0.815. The van der Waals surface area contributed by atoms with E-state index in [2.05, 4.69) is 21.7 Å². The number of H-pyrrole nitrogens is 1. The van der Waals surface area contributed by atoms with Crippen molar-refractivity contribution in [1.29, 1.82) is 5.26 Å². The van der Waals surface area contributed by atoms with E-state index < -0.39 is 35.5 Å². The third-order valence-corrected chi connectivity index (χ3v) is 7.77. The summed E-state index contributed by atoms with van der Waals surface area (Å²) in [6.45, 7) is 4.98. The van der Waals surface area contributed by atoms with Crippen molar-refractivity contribution in [3.8, 4) is 6.07 Å². The van der Waals surface area contributed by atoms with Gasteiger partial charge in [-0.05, 0) is 42.2 Å². The second-order valence-electron chi connectivity index (χ2n) is 10.1. The second kappa shape index (κ2) is 7.79. The number of nitrogens with zero attached hydrogens (tertiary/aromatic N) is 2. The first-order valence-corrected chi connectivity index (χ1v) is 11.4. The highest BCUT2D eigenvalue weighted by Gasteiger charge is 2.69. The summed E-state index contributed by atoms with van der Waals surface area (Å²) in [4.78, 5) is 42.8. The van der Waals surface area contributed by atoms with E-state index in [0.29, 0.717) is 19.5 Å². The normalized spacial score (nSPS) is 27.7. The summed E-state index contributed by atoms with van der Waals surface area (Å²) >= 11 is 0. The second-order valence-corrected chi connectivity index (χ2v) is 10.1. The summed E-state index contributed by atoms with van der Waals surface area (Å²) in [6, 6.07) is 3.66. The minimum absolute atomic E-state index is 0.0230. The van der Waals surface area contributed by atoms with Gasteiger partial charge < -0.3 is 20.5 Å². The number of amides is 3. The molecule has 2 aliphatic heterocycles. The number of aromatic nitrogens is 1. The summed E-state index contributed by atoms with van der Waals surface area (Å²) in [7, 11) is 0. The maximum Gasteiger partial charge on any atom is 0.271 e. The molecule has 8 nitrogen and oxygen atoms in total. The topological polar surface area (TPSA) is 118 Å². The molecule has 3 heterocycles. The lowest BCUT2D eigenvalue weighted by atomic mass is 9.97. The van der Waals surface area contributed by atoms with E-state index in [1.807, 2.05) is 13.8 Å². The number of piperidine rings is 1. The molecule has 1 saturated carbocycles. The van der Waals surface area contributed by atoms with Crippen LogP contribution in [0.2, 0.25) is 0 Å². The first-order valence-electron chi connectivity index (χ1n) is 11.4. The van der Waals surface area contributed by atoms with Crippen molar-refractivity contribution in [2.75, 3.05) is 13.1 Å². The molecule has 3 N–H and O–H groups in total. The molecule has 1 aliphatic carbocycles. The summed E-state index contributed by atoms with van der Waals surface area (Å²) in [5.74, 6) is -2.90. The lowest BCUT2D eigenvalue weighted by molar-refractivity contribution is -0.127. The molecule has 2 aromatic rings. The number of halogens is 2. The van der Waals surface area contributed by atoms with Crippen molar-refractivity contribution in [2.45, 2.75) is 38.8 Å². The van der Waals surface area contributed by atoms with Gasteiger partial charge in [0.05, 0.1) is 11.6 Å². The standard InChI is InChI=1S/C24H25F2N5O3/c1-24(2)15-10-31(23(34)17-7-12-5-13(25)8-16(26)19(12)30-17)20(18(15)24)22(33)29-14(9-27)6-11-3-4-28-21(11)32/h5,7-8,11,14-15,18,20,30H,3-4,6,10H2,1-2H3,(H,28,32)(H,29,33)/t11-,14-,15-,18-,20-/m0/s1. The number of hydrogen-bond donors (Lipinski definition) is 3. The van der Waals surface area contributed by atoms with Gasteiger partial charge in [0.15, 0.2) is 0 Å². The molecule has 0 spiro atoms. The molecule has 0 radical (unpaired) electrons. The van der Waals surface area contributed by atoms with E-state index >= 15 is 0 Å². The fourth-order valence-electron chi connectivity index (χ4n) is 5.79. The van der Waals surface area contributed by atoms with Crippen molar-refractivity contribution in [3.63, 3.8) is 0 Å². The monoisotopic (exact) mass is 469 g/mol. The van der Waals surface area contributed by atoms with Gasteiger partial charge in [0.25, 0.3) is 5.91 Å². The number of hydrogen-bond acceptors (Lipinski definition) is 4. The molecule has 178 valence electrons. The van der Waals surface area contributed by atoms with Gasteiger partial charge in [0, 0.05) is 30.5 Å². The SMILES string of the molecule is CC1(C)[C@@H]2[C@@H](C(=O)N[C@H](C#N)C[C@@H]3CCNC3=O)N(C(=O)c3cc4cc(F)cc(F)c4[nH]3)C[C@@H]21. The van der Waals surface area contributed by atoms with E-state index in [1.165, 1.54) is 11.0 Å².